The third kappa shape index (κ3) is 6.72. The zero-order valence-corrected chi connectivity index (χ0v) is 11.1. The second kappa shape index (κ2) is 9.85. The number of hydrogen-bond acceptors (Lipinski definition) is 2. The summed E-state index contributed by atoms with van der Waals surface area (Å²) in [6.07, 6.45) is 3.92. The summed E-state index contributed by atoms with van der Waals surface area (Å²) in [7, 11) is 0. The molecule has 0 heterocycles. The topological polar surface area (TPSA) is 12.0 Å². The molecule has 0 aromatic heterocycles. The van der Waals surface area contributed by atoms with Gasteiger partial charge in [-0.1, -0.05) is 27.2 Å². The molecule has 2 atom stereocenters. The minimum absolute atomic E-state index is 0.692. The molecule has 0 spiro atoms. The van der Waals surface area contributed by atoms with Gasteiger partial charge in [0.1, 0.15) is 0 Å². The maximum absolute atomic E-state index is 3.60. The summed E-state index contributed by atoms with van der Waals surface area (Å²) in [6, 6.07) is 0.692. The van der Waals surface area contributed by atoms with E-state index in [0.717, 1.165) is 5.92 Å². The summed E-state index contributed by atoms with van der Waals surface area (Å²) in [6.45, 7) is 10.3. The highest BCUT2D eigenvalue weighted by Crippen LogP contribution is 2.16. The van der Waals surface area contributed by atoms with Crippen LogP contribution in [0.1, 0.15) is 47.0 Å². The second-order valence-electron chi connectivity index (χ2n) is 3.90. The van der Waals surface area contributed by atoms with E-state index in [9.17, 15) is 0 Å². The lowest BCUT2D eigenvalue weighted by molar-refractivity contribution is 0.357. The first-order valence-corrected chi connectivity index (χ1v) is 7.22. The van der Waals surface area contributed by atoms with Crippen molar-refractivity contribution in [3.05, 3.63) is 0 Å². The van der Waals surface area contributed by atoms with Gasteiger partial charge in [-0.2, -0.15) is 11.8 Å². The molecule has 14 heavy (non-hydrogen) atoms. The van der Waals surface area contributed by atoms with Gasteiger partial charge in [-0.3, -0.25) is 0 Å². The summed E-state index contributed by atoms with van der Waals surface area (Å²) >= 11 is 2.07. The van der Waals surface area contributed by atoms with Crippen molar-refractivity contribution in [2.75, 3.05) is 18.1 Å². The molecule has 0 fully saturated rings. The first kappa shape index (κ1) is 14.3. The molecule has 0 saturated carbocycles. The summed E-state index contributed by atoms with van der Waals surface area (Å²) < 4.78 is 0. The van der Waals surface area contributed by atoms with Gasteiger partial charge in [0.15, 0.2) is 0 Å². The van der Waals surface area contributed by atoms with Gasteiger partial charge in [-0.15, -0.1) is 0 Å². The van der Waals surface area contributed by atoms with Crippen LogP contribution in [0.2, 0.25) is 0 Å². The van der Waals surface area contributed by atoms with Gasteiger partial charge in [0, 0.05) is 6.04 Å². The number of thioether (sulfide) groups is 1. The predicted molar refractivity (Wildman–Crippen MR) is 69.2 cm³/mol. The van der Waals surface area contributed by atoms with E-state index >= 15 is 0 Å². The molecule has 86 valence electrons. The Kier molecular flexibility index (Phi) is 10.1. The molecule has 0 aromatic carbocycles. The van der Waals surface area contributed by atoms with Gasteiger partial charge < -0.3 is 5.32 Å². The largest absolute Gasteiger partial charge is 0.314 e. The van der Waals surface area contributed by atoms with Crippen molar-refractivity contribution in [3.63, 3.8) is 0 Å². The smallest absolute Gasteiger partial charge is 0.00671 e. The zero-order chi connectivity index (χ0) is 10.8. The molecule has 0 saturated heterocycles. The third-order valence-corrected chi connectivity index (χ3v) is 3.72. The molecule has 2 unspecified atom stereocenters. The fraction of sp³-hybridized carbons (Fsp3) is 1.00. The van der Waals surface area contributed by atoms with Crippen LogP contribution in [-0.2, 0) is 0 Å². The highest BCUT2D eigenvalue weighted by Gasteiger charge is 2.13. The molecule has 0 rings (SSSR count). The molecule has 0 amide bonds. The molecule has 0 aromatic rings. The molecule has 0 aliphatic rings. The lowest BCUT2D eigenvalue weighted by Gasteiger charge is -2.23. The highest BCUT2D eigenvalue weighted by molar-refractivity contribution is 7.99. The minimum atomic E-state index is 0.692. The summed E-state index contributed by atoms with van der Waals surface area (Å²) in [5.41, 5.74) is 0. The predicted octanol–water partition coefficient (Wildman–Crippen LogP) is 3.54. The molecular weight excluding hydrogens is 190 g/mol. The fourth-order valence-corrected chi connectivity index (χ4v) is 2.48. The van der Waals surface area contributed by atoms with Gasteiger partial charge in [-0.25, -0.2) is 0 Å². The van der Waals surface area contributed by atoms with Crippen molar-refractivity contribution in [2.24, 2.45) is 5.92 Å². The summed E-state index contributed by atoms with van der Waals surface area (Å²) in [5.74, 6) is 3.45. The average Bonchev–Trinajstić information content (AvgIpc) is 2.21. The lowest BCUT2D eigenvalue weighted by Crippen LogP contribution is -2.34. The minimum Gasteiger partial charge on any atom is -0.314 e. The van der Waals surface area contributed by atoms with Crippen LogP contribution >= 0.6 is 11.8 Å². The van der Waals surface area contributed by atoms with Crippen LogP contribution < -0.4 is 5.32 Å². The zero-order valence-electron chi connectivity index (χ0n) is 10.3. The van der Waals surface area contributed by atoms with E-state index in [1.807, 2.05) is 0 Å². The lowest BCUT2D eigenvalue weighted by atomic mass is 9.95. The summed E-state index contributed by atoms with van der Waals surface area (Å²) in [5, 5.41) is 3.60. The Bertz CT molecular complexity index is 117. The Morgan fingerprint density at radius 3 is 2.43 bits per heavy atom. The van der Waals surface area contributed by atoms with E-state index < -0.39 is 0 Å². The fourth-order valence-electron chi connectivity index (χ4n) is 1.73. The molecule has 0 radical (unpaired) electrons. The molecular formula is C12H27NS. The third-order valence-electron chi connectivity index (χ3n) is 2.78. The maximum atomic E-state index is 3.60. The van der Waals surface area contributed by atoms with Crippen molar-refractivity contribution in [3.8, 4) is 0 Å². The van der Waals surface area contributed by atoms with Crippen LogP contribution in [-0.4, -0.2) is 24.1 Å². The van der Waals surface area contributed by atoms with Crippen molar-refractivity contribution < 1.29 is 0 Å². The SMILES string of the molecule is CCCNC(C)C(CC)CCSCC. The van der Waals surface area contributed by atoms with Crippen LogP contribution in [0.25, 0.3) is 0 Å². The Morgan fingerprint density at radius 1 is 1.21 bits per heavy atom. The average molecular weight is 217 g/mol. The quantitative estimate of drug-likeness (QED) is 0.593. The second-order valence-corrected chi connectivity index (χ2v) is 5.29. The normalized spacial score (nSPS) is 15.4. The Labute approximate surface area is 94.4 Å². The van der Waals surface area contributed by atoms with E-state index in [1.54, 1.807) is 0 Å². The van der Waals surface area contributed by atoms with Gasteiger partial charge in [0.05, 0.1) is 0 Å². The van der Waals surface area contributed by atoms with Gasteiger partial charge in [0.25, 0.3) is 0 Å². The molecule has 0 aliphatic heterocycles. The van der Waals surface area contributed by atoms with E-state index in [4.69, 9.17) is 0 Å². The van der Waals surface area contributed by atoms with E-state index in [2.05, 4.69) is 44.8 Å². The number of nitrogens with one attached hydrogen (secondary N) is 1. The first-order chi connectivity index (χ1) is 6.76. The molecule has 2 heteroatoms. The van der Waals surface area contributed by atoms with Crippen LogP contribution in [0, 0.1) is 5.92 Å². The number of hydrogen-bond donors (Lipinski definition) is 1. The van der Waals surface area contributed by atoms with Gasteiger partial charge in [-0.05, 0) is 43.7 Å². The van der Waals surface area contributed by atoms with E-state index in [1.165, 1.54) is 37.3 Å². The molecule has 1 nitrogen and oxygen atoms in total. The van der Waals surface area contributed by atoms with Crippen molar-refractivity contribution >= 4 is 11.8 Å². The maximum Gasteiger partial charge on any atom is 0.00671 e. The summed E-state index contributed by atoms with van der Waals surface area (Å²) in [4.78, 5) is 0. The standard InChI is InChI=1S/C12H27NS/c1-5-9-13-11(4)12(6-2)8-10-14-7-3/h11-13H,5-10H2,1-4H3. The van der Waals surface area contributed by atoms with Crippen molar-refractivity contribution in [2.45, 2.75) is 53.0 Å². The van der Waals surface area contributed by atoms with Crippen molar-refractivity contribution in [1.29, 1.82) is 0 Å². The molecule has 1 N–H and O–H groups in total. The van der Waals surface area contributed by atoms with Crippen LogP contribution in [0.4, 0.5) is 0 Å². The Balaban J connectivity index is 3.62. The first-order valence-electron chi connectivity index (χ1n) is 6.07. The van der Waals surface area contributed by atoms with Crippen LogP contribution in [0.5, 0.6) is 0 Å². The monoisotopic (exact) mass is 217 g/mol. The van der Waals surface area contributed by atoms with Gasteiger partial charge >= 0.3 is 0 Å². The van der Waals surface area contributed by atoms with Crippen LogP contribution in [0.3, 0.4) is 0 Å². The Morgan fingerprint density at radius 2 is 1.93 bits per heavy atom. The van der Waals surface area contributed by atoms with Crippen molar-refractivity contribution in [1.82, 2.24) is 5.32 Å². The Hall–Kier alpha value is 0.310. The van der Waals surface area contributed by atoms with Crippen LogP contribution in [0.15, 0.2) is 0 Å². The van der Waals surface area contributed by atoms with Gasteiger partial charge in [0.2, 0.25) is 0 Å². The van der Waals surface area contributed by atoms with E-state index in [-0.39, 0.29) is 0 Å². The highest BCUT2D eigenvalue weighted by atomic mass is 32.2. The number of rotatable bonds is 9. The molecule has 0 aliphatic carbocycles. The van der Waals surface area contributed by atoms with E-state index in [0.29, 0.717) is 6.04 Å². The molecule has 0 bridgehead atoms.